The fraction of sp³-hybridized carbons (Fsp3) is 0.154. The number of aromatic nitrogens is 2. The number of anilines is 1. The highest BCUT2D eigenvalue weighted by Gasteiger charge is 2.22. The summed E-state index contributed by atoms with van der Waals surface area (Å²) in [6, 6.07) is 22.0. The number of hydrogen-bond donors (Lipinski definition) is 1. The second kappa shape index (κ2) is 9.24. The van der Waals surface area contributed by atoms with Crippen LogP contribution in [0.4, 0.5) is 5.69 Å². The minimum absolute atomic E-state index is 0.108. The van der Waals surface area contributed by atoms with Gasteiger partial charge in [-0.15, -0.1) is 0 Å². The first-order valence-electron chi connectivity index (χ1n) is 10.7. The van der Waals surface area contributed by atoms with Crippen molar-refractivity contribution < 1.29 is 13.2 Å². The fourth-order valence-electron chi connectivity index (χ4n) is 3.47. The van der Waals surface area contributed by atoms with Gasteiger partial charge < -0.3 is 5.32 Å². The normalized spacial score (nSPS) is 11.6. The Morgan fingerprint density at radius 3 is 2.26 bits per heavy atom. The van der Waals surface area contributed by atoms with Crippen molar-refractivity contribution in [2.24, 2.45) is 0 Å². The highest BCUT2D eigenvalue weighted by Crippen LogP contribution is 2.27. The van der Waals surface area contributed by atoms with E-state index in [0.29, 0.717) is 16.9 Å². The van der Waals surface area contributed by atoms with Crippen LogP contribution in [0.5, 0.6) is 0 Å². The second-order valence-corrected chi connectivity index (χ2v) is 10.4. The predicted molar refractivity (Wildman–Crippen MR) is 134 cm³/mol. The molecule has 0 bridgehead atoms. The zero-order valence-corrected chi connectivity index (χ0v) is 20.3. The molecule has 7 nitrogen and oxygen atoms in total. The third-order valence-electron chi connectivity index (χ3n) is 5.54. The number of hydrogen-bond acceptors (Lipinski definition) is 4. The second-order valence-electron chi connectivity index (χ2n) is 8.26. The largest absolute Gasteiger partial charge is 0.322 e. The van der Waals surface area contributed by atoms with Gasteiger partial charge in [-0.25, -0.2) is 17.4 Å². The van der Waals surface area contributed by atoms with Crippen molar-refractivity contribution in [1.82, 2.24) is 14.1 Å². The molecule has 0 radical (unpaired) electrons. The van der Waals surface area contributed by atoms with Gasteiger partial charge in [-0.3, -0.25) is 4.79 Å². The van der Waals surface area contributed by atoms with E-state index in [4.69, 9.17) is 5.10 Å². The van der Waals surface area contributed by atoms with Crippen LogP contribution in [-0.4, -0.2) is 42.5 Å². The molecule has 1 heterocycles. The number of nitrogens with zero attached hydrogens (tertiary/aromatic N) is 3. The number of sulfonamides is 1. The molecule has 3 aromatic carbocycles. The zero-order valence-electron chi connectivity index (χ0n) is 19.5. The van der Waals surface area contributed by atoms with E-state index >= 15 is 0 Å². The molecule has 4 rings (SSSR count). The van der Waals surface area contributed by atoms with Gasteiger partial charge in [-0.05, 0) is 43.7 Å². The van der Waals surface area contributed by atoms with Gasteiger partial charge in [0.2, 0.25) is 10.0 Å². The number of carbonyl (C=O) groups excluding carboxylic acids is 1. The summed E-state index contributed by atoms with van der Waals surface area (Å²) in [7, 11) is -0.695. The summed E-state index contributed by atoms with van der Waals surface area (Å²) in [5.74, 6) is -0.375. The molecular formula is C26H26N4O3S. The van der Waals surface area contributed by atoms with Crippen LogP contribution in [-0.2, 0) is 10.0 Å². The smallest absolute Gasteiger partial charge is 0.259 e. The number of carbonyl (C=O) groups is 1. The fourth-order valence-corrected chi connectivity index (χ4v) is 4.40. The SMILES string of the molecule is Cc1ccc(-c2nn(-c3ccccc3)cc2C(=O)Nc2cc(S(=O)(=O)N(C)C)ccc2C)cc1. The molecule has 174 valence electrons. The van der Waals surface area contributed by atoms with E-state index in [1.165, 1.54) is 26.2 Å². The lowest BCUT2D eigenvalue weighted by atomic mass is 10.1. The molecule has 0 spiro atoms. The van der Waals surface area contributed by atoms with E-state index < -0.39 is 10.0 Å². The van der Waals surface area contributed by atoms with E-state index in [1.807, 2.05) is 68.4 Å². The van der Waals surface area contributed by atoms with E-state index in [0.717, 1.165) is 26.7 Å². The average molecular weight is 475 g/mol. The molecule has 0 saturated carbocycles. The van der Waals surface area contributed by atoms with E-state index in [-0.39, 0.29) is 10.8 Å². The quantitative estimate of drug-likeness (QED) is 0.441. The first-order chi connectivity index (χ1) is 16.2. The highest BCUT2D eigenvalue weighted by atomic mass is 32.2. The number of aryl methyl sites for hydroxylation is 2. The van der Waals surface area contributed by atoms with Gasteiger partial charge in [0.1, 0.15) is 5.69 Å². The molecule has 0 aliphatic carbocycles. The Morgan fingerprint density at radius 1 is 0.941 bits per heavy atom. The van der Waals surface area contributed by atoms with Crippen molar-refractivity contribution in [3.8, 4) is 16.9 Å². The van der Waals surface area contributed by atoms with Crippen molar-refractivity contribution in [3.63, 3.8) is 0 Å². The van der Waals surface area contributed by atoms with Crippen molar-refractivity contribution in [2.45, 2.75) is 18.7 Å². The van der Waals surface area contributed by atoms with Crippen molar-refractivity contribution in [3.05, 3.63) is 95.7 Å². The van der Waals surface area contributed by atoms with E-state index in [2.05, 4.69) is 5.32 Å². The molecule has 34 heavy (non-hydrogen) atoms. The number of para-hydroxylation sites is 1. The summed E-state index contributed by atoms with van der Waals surface area (Å²) in [6.07, 6.45) is 1.69. The van der Waals surface area contributed by atoms with Gasteiger partial charge in [0.05, 0.1) is 16.1 Å². The van der Waals surface area contributed by atoms with Crippen LogP contribution < -0.4 is 5.32 Å². The minimum atomic E-state index is -3.64. The molecule has 0 fully saturated rings. The van der Waals surface area contributed by atoms with Gasteiger partial charge in [0.15, 0.2) is 0 Å². The molecule has 1 N–H and O–H groups in total. The minimum Gasteiger partial charge on any atom is -0.322 e. The van der Waals surface area contributed by atoms with E-state index in [9.17, 15) is 13.2 Å². The molecule has 8 heteroatoms. The van der Waals surface area contributed by atoms with Crippen molar-refractivity contribution >= 4 is 21.6 Å². The van der Waals surface area contributed by atoms with Gasteiger partial charge in [0.25, 0.3) is 5.91 Å². The number of benzene rings is 3. The summed E-state index contributed by atoms with van der Waals surface area (Å²) in [5, 5.41) is 7.59. The lowest BCUT2D eigenvalue weighted by Gasteiger charge is -2.14. The average Bonchev–Trinajstić information content (AvgIpc) is 3.27. The molecular weight excluding hydrogens is 448 g/mol. The molecule has 0 atom stereocenters. The molecule has 0 saturated heterocycles. The van der Waals surface area contributed by atoms with Gasteiger partial charge in [-0.2, -0.15) is 5.10 Å². The van der Waals surface area contributed by atoms with Crippen LogP contribution in [0.2, 0.25) is 0 Å². The summed E-state index contributed by atoms with van der Waals surface area (Å²) >= 11 is 0. The standard InChI is InChI=1S/C26H26N4O3S/c1-18-10-13-20(14-11-18)25-23(17-30(28-25)21-8-6-5-7-9-21)26(31)27-24-16-22(15-12-19(24)2)34(32,33)29(3)4/h5-17H,1-4H3,(H,27,31). The topological polar surface area (TPSA) is 84.3 Å². The molecule has 0 aliphatic rings. The molecule has 0 unspecified atom stereocenters. The Kier molecular flexibility index (Phi) is 6.37. The number of nitrogens with one attached hydrogen (secondary N) is 1. The van der Waals surface area contributed by atoms with Crippen LogP contribution >= 0.6 is 0 Å². The first kappa shape index (κ1) is 23.4. The third kappa shape index (κ3) is 4.64. The van der Waals surface area contributed by atoms with Gasteiger partial charge in [0, 0.05) is 31.5 Å². The summed E-state index contributed by atoms with van der Waals surface area (Å²) in [5.41, 5.74) is 4.83. The van der Waals surface area contributed by atoms with Crippen LogP contribution in [0.1, 0.15) is 21.5 Å². The molecule has 1 aromatic heterocycles. The third-order valence-corrected chi connectivity index (χ3v) is 7.35. The summed E-state index contributed by atoms with van der Waals surface area (Å²) < 4.78 is 28.0. The van der Waals surface area contributed by atoms with Crippen LogP contribution in [0.15, 0.2) is 83.9 Å². The zero-order chi connectivity index (χ0) is 24.5. The maximum Gasteiger partial charge on any atom is 0.259 e. The van der Waals surface area contributed by atoms with Crippen LogP contribution in [0, 0.1) is 13.8 Å². The van der Waals surface area contributed by atoms with Crippen molar-refractivity contribution in [2.75, 3.05) is 19.4 Å². The highest BCUT2D eigenvalue weighted by molar-refractivity contribution is 7.89. The first-order valence-corrected chi connectivity index (χ1v) is 12.2. The van der Waals surface area contributed by atoms with Gasteiger partial charge in [-0.1, -0.05) is 54.1 Å². The summed E-state index contributed by atoms with van der Waals surface area (Å²) in [4.78, 5) is 13.6. The van der Waals surface area contributed by atoms with Crippen molar-refractivity contribution in [1.29, 1.82) is 0 Å². The van der Waals surface area contributed by atoms with Gasteiger partial charge >= 0.3 is 0 Å². The molecule has 1 amide bonds. The lowest BCUT2D eigenvalue weighted by molar-refractivity contribution is 0.102. The lowest BCUT2D eigenvalue weighted by Crippen LogP contribution is -2.22. The Bertz CT molecular complexity index is 1440. The van der Waals surface area contributed by atoms with Crippen LogP contribution in [0.25, 0.3) is 16.9 Å². The Balaban J connectivity index is 1.76. The van der Waals surface area contributed by atoms with E-state index in [1.54, 1.807) is 16.9 Å². The van der Waals surface area contributed by atoms with Crippen LogP contribution in [0.3, 0.4) is 0 Å². The number of amides is 1. The Morgan fingerprint density at radius 2 is 1.62 bits per heavy atom. The Labute approximate surface area is 199 Å². The Hall–Kier alpha value is -3.75. The maximum absolute atomic E-state index is 13.4. The monoisotopic (exact) mass is 474 g/mol. The maximum atomic E-state index is 13.4. The summed E-state index contributed by atoms with van der Waals surface area (Å²) in [6.45, 7) is 3.81. The molecule has 4 aromatic rings. The number of rotatable bonds is 6. The molecule has 0 aliphatic heterocycles. The predicted octanol–water partition coefficient (Wildman–Crippen LogP) is 4.66.